The van der Waals surface area contributed by atoms with Crippen molar-refractivity contribution in [3.8, 4) is 11.5 Å². The van der Waals surface area contributed by atoms with Gasteiger partial charge in [0, 0.05) is 42.7 Å². The predicted molar refractivity (Wildman–Crippen MR) is 134 cm³/mol. The van der Waals surface area contributed by atoms with Gasteiger partial charge in [-0.2, -0.15) is 13.2 Å². The molecule has 0 radical (unpaired) electrons. The summed E-state index contributed by atoms with van der Waals surface area (Å²) in [6, 6.07) is 18.1. The Hall–Kier alpha value is -3.98. The number of hydrogen-bond donors (Lipinski definition) is 0. The summed E-state index contributed by atoms with van der Waals surface area (Å²) in [5.41, 5.74) is 0.219. The topological polar surface area (TPSA) is 50.6 Å². The minimum atomic E-state index is -4.48. The van der Waals surface area contributed by atoms with E-state index in [-0.39, 0.29) is 12.6 Å². The summed E-state index contributed by atoms with van der Waals surface area (Å²) in [7, 11) is 0. The van der Waals surface area contributed by atoms with Gasteiger partial charge in [-0.25, -0.2) is 9.78 Å². The van der Waals surface area contributed by atoms with Crippen LogP contribution in [0.3, 0.4) is 0 Å². The highest BCUT2D eigenvalue weighted by Gasteiger charge is 2.40. The third kappa shape index (κ3) is 5.56. The zero-order valence-corrected chi connectivity index (χ0v) is 20.2. The van der Waals surface area contributed by atoms with Crippen LogP contribution in [0, 0.1) is 0 Å². The number of hydrogen-bond acceptors (Lipinski definition) is 3. The molecule has 0 saturated carbocycles. The van der Waals surface area contributed by atoms with Crippen molar-refractivity contribution in [1.29, 1.82) is 0 Å². The number of rotatable bonds is 7. The van der Waals surface area contributed by atoms with Crippen molar-refractivity contribution < 1.29 is 22.7 Å². The first kappa shape index (κ1) is 24.7. The number of ether oxygens (including phenoxy) is 1. The van der Waals surface area contributed by atoms with E-state index in [2.05, 4.69) is 4.98 Å². The number of anilines is 1. The molecular weight excluding hydrogens is 505 g/mol. The number of nitrogens with zero attached hydrogens (tertiary/aromatic N) is 4. The normalized spacial score (nSPS) is 15.9. The Morgan fingerprint density at radius 2 is 1.68 bits per heavy atom. The summed E-state index contributed by atoms with van der Waals surface area (Å²) in [6.45, 7) is 1.15. The Morgan fingerprint density at radius 1 is 0.973 bits per heavy atom. The molecule has 1 aromatic heterocycles. The number of amides is 2. The summed E-state index contributed by atoms with van der Waals surface area (Å²) in [4.78, 5) is 20.7. The molecule has 6 nitrogen and oxygen atoms in total. The number of benzene rings is 3. The lowest BCUT2D eigenvalue weighted by Gasteiger charge is -2.24. The fourth-order valence-electron chi connectivity index (χ4n) is 4.28. The van der Waals surface area contributed by atoms with Gasteiger partial charge in [0.25, 0.3) is 0 Å². The van der Waals surface area contributed by atoms with Gasteiger partial charge in [0.05, 0.1) is 17.9 Å². The Bertz CT molecular complexity index is 1360. The minimum Gasteiger partial charge on any atom is -0.457 e. The molecule has 1 fully saturated rings. The third-order valence-electron chi connectivity index (χ3n) is 6.13. The molecule has 2 amide bonds. The SMILES string of the molecule is O=C1N(CCn2ccnc2)CC(c2cccc(C(F)(F)F)c2)N1c1ccc(Oc2ccc(Cl)cc2)cc1. The molecule has 5 rings (SSSR count). The number of aromatic nitrogens is 2. The standard InChI is InChI=1S/C27H22ClF3N4O2/c28-21-4-8-23(9-5-21)37-24-10-6-22(7-11-24)35-25(19-2-1-3-20(16-19)27(29,30)31)17-34(26(35)36)15-14-33-13-12-32-18-33/h1-13,16,18,25H,14-15,17H2. The quantitative estimate of drug-likeness (QED) is 0.260. The molecular formula is C27H22ClF3N4O2. The number of halogens is 4. The molecule has 4 aromatic rings. The van der Waals surface area contributed by atoms with Gasteiger partial charge in [-0.05, 0) is 66.2 Å². The van der Waals surface area contributed by atoms with E-state index in [1.807, 2.05) is 4.57 Å². The molecule has 0 N–H and O–H groups in total. The van der Waals surface area contributed by atoms with Crippen LogP contribution in [0.4, 0.5) is 23.7 Å². The molecule has 0 aliphatic carbocycles. The van der Waals surface area contributed by atoms with Crippen LogP contribution in [0.15, 0.2) is 91.5 Å². The van der Waals surface area contributed by atoms with Crippen LogP contribution in [0.5, 0.6) is 11.5 Å². The summed E-state index contributed by atoms with van der Waals surface area (Å²) < 4.78 is 48.0. The van der Waals surface area contributed by atoms with Crippen LogP contribution < -0.4 is 9.64 Å². The van der Waals surface area contributed by atoms with Gasteiger partial charge in [0.15, 0.2) is 0 Å². The lowest BCUT2D eigenvalue weighted by molar-refractivity contribution is -0.137. The number of urea groups is 1. The molecule has 1 aliphatic heterocycles. The van der Waals surface area contributed by atoms with Crippen molar-refractivity contribution >= 4 is 23.3 Å². The summed E-state index contributed by atoms with van der Waals surface area (Å²) in [5, 5.41) is 0.591. The van der Waals surface area contributed by atoms with Crippen molar-refractivity contribution in [2.24, 2.45) is 0 Å². The van der Waals surface area contributed by atoms with Gasteiger partial charge < -0.3 is 14.2 Å². The van der Waals surface area contributed by atoms with E-state index in [1.165, 1.54) is 11.0 Å². The second-order valence-corrected chi connectivity index (χ2v) is 9.02. The van der Waals surface area contributed by atoms with Crippen LogP contribution in [0.1, 0.15) is 17.2 Å². The van der Waals surface area contributed by atoms with E-state index in [0.717, 1.165) is 12.1 Å². The Labute approximate surface area is 216 Å². The summed E-state index contributed by atoms with van der Waals surface area (Å²) in [5.74, 6) is 1.15. The second-order valence-electron chi connectivity index (χ2n) is 8.59. The lowest BCUT2D eigenvalue weighted by atomic mass is 10.0. The van der Waals surface area contributed by atoms with Crippen molar-refractivity contribution in [2.45, 2.75) is 18.8 Å². The van der Waals surface area contributed by atoms with Crippen LogP contribution in [0.25, 0.3) is 0 Å². The van der Waals surface area contributed by atoms with E-state index in [1.54, 1.807) is 78.2 Å². The highest BCUT2D eigenvalue weighted by atomic mass is 35.5. The molecule has 0 bridgehead atoms. The largest absolute Gasteiger partial charge is 0.457 e. The molecule has 1 aliphatic rings. The summed E-state index contributed by atoms with van der Waals surface area (Å²) in [6.07, 6.45) is 0.618. The maximum atomic E-state index is 13.5. The van der Waals surface area contributed by atoms with Gasteiger partial charge >= 0.3 is 12.2 Å². The maximum Gasteiger partial charge on any atom is 0.416 e. The predicted octanol–water partition coefficient (Wildman–Crippen LogP) is 7.03. The molecule has 1 unspecified atom stereocenters. The first-order valence-electron chi connectivity index (χ1n) is 11.5. The molecule has 0 spiro atoms. The smallest absolute Gasteiger partial charge is 0.416 e. The summed E-state index contributed by atoms with van der Waals surface area (Å²) >= 11 is 5.92. The van der Waals surface area contributed by atoms with Crippen molar-refractivity contribution in [2.75, 3.05) is 18.0 Å². The monoisotopic (exact) mass is 526 g/mol. The minimum absolute atomic E-state index is 0.248. The Balaban J connectivity index is 1.42. The molecule has 2 heterocycles. The molecule has 10 heteroatoms. The van der Waals surface area contributed by atoms with Gasteiger partial charge in [0.1, 0.15) is 11.5 Å². The highest BCUT2D eigenvalue weighted by Crippen LogP contribution is 2.38. The number of imidazole rings is 1. The number of carbonyl (C=O) groups is 1. The molecule has 37 heavy (non-hydrogen) atoms. The van der Waals surface area contributed by atoms with Gasteiger partial charge in [-0.1, -0.05) is 23.7 Å². The maximum absolute atomic E-state index is 13.5. The van der Waals surface area contributed by atoms with Crippen LogP contribution in [-0.2, 0) is 12.7 Å². The molecule has 1 atom stereocenters. The molecule has 1 saturated heterocycles. The zero-order chi connectivity index (χ0) is 26.0. The van der Waals surface area contributed by atoms with Gasteiger partial charge in [-0.15, -0.1) is 0 Å². The fraction of sp³-hybridized carbons (Fsp3) is 0.185. The average molecular weight is 527 g/mol. The third-order valence-corrected chi connectivity index (χ3v) is 6.38. The van der Waals surface area contributed by atoms with E-state index >= 15 is 0 Å². The van der Waals surface area contributed by atoms with E-state index < -0.39 is 17.8 Å². The molecule has 3 aromatic carbocycles. The van der Waals surface area contributed by atoms with Crippen LogP contribution >= 0.6 is 11.6 Å². The first-order valence-corrected chi connectivity index (χ1v) is 11.9. The Kier molecular flexibility index (Phi) is 6.80. The highest BCUT2D eigenvalue weighted by molar-refractivity contribution is 6.30. The average Bonchev–Trinajstić information content (AvgIpc) is 3.52. The fourth-order valence-corrected chi connectivity index (χ4v) is 4.40. The van der Waals surface area contributed by atoms with Crippen molar-refractivity contribution in [3.63, 3.8) is 0 Å². The van der Waals surface area contributed by atoms with E-state index in [4.69, 9.17) is 16.3 Å². The molecule has 190 valence electrons. The van der Waals surface area contributed by atoms with Gasteiger partial charge in [-0.3, -0.25) is 4.90 Å². The van der Waals surface area contributed by atoms with Crippen molar-refractivity contribution in [1.82, 2.24) is 14.5 Å². The van der Waals surface area contributed by atoms with Crippen LogP contribution in [0.2, 0.25) is 5.02 Å². The lowest BCUT2D eigenvalue weighted by Crippen LogP contribution is -2.34. The van der Waals surface area contributed by atoms with Crippen molar-refractivity contribution in [3.05, 3.63) is 108 Å². The van der Waals surface area contributed by atoms with E-state index in [9.17, 15) is 18.0 Å². The zero-order valence-electron chi connectivity index (χ0n) is 19.5. The number of carbonyl (C=O) groups excluding carboxylic acids is 1. The first-order chi connectivity index (χ1) is 17.8. The Morgan fingerprint density at radius 3 is 2.32 bits per heavy atom. The number of alkyl halides is 3. The van der Waals surface area contributed by atoms with E-state index in [0.29, 0.717) is 40.9 Å². The second kappa shape index (κ2) is 10.2. The van der Waals surface area contributed by atoms with Crippen LogP contribution in [-0.4, -0.2) is 33.6 Å². The van der Waals surface area contributed by atoms with Gasteiger partial charge in [0.2, 0.25) is 0 Å².